The molecule has 7 heteroatoms. The van der Waals surface area contributed by atoms with E-state index in [4.69, 9.17) is 4.42 Å². The van der Waals surface area contributed by atoms with Crippen molar-refractivity contribution in [3.8, 4) is 0 Å². The Morgan fingerprint density at radius 2 is 2.17 bits per heavy atom. The van der Waals surface area contributed by atoms with E-state index in [1.165, 1.54) is 17.5 Å². The van der Waals surface area contributed by atoms with Crippen LogP contribution < -0.4 is 10.9 Å². The van der Waals surface area contributed by atoms with Crippen molar-refractivity contribution in [1.29, 1.82) is 0 Å². The minimum Gasteiger partial charge on any atom is -0.460 e. The van der Waals surface area contributed by atoms with E-state index in [9.17, 15) is 9.59 Å². The number of fused-ring (bicyclic) bond motifs is 3. The second kappa shape index (κ2) is 5.51. The molecule has 0 saturated heterocycles. The molecule has 0 aliphatic heterocycles. The number of aryl methyl sites for hydroxylation is 2. The Morgan fingerprint density at radius 3 is 2.88 bits per heavy atom. The molecule has 0 radical (unpaired) electrons. The summed E-state index contributed by atoms with van der Waals surface area (Å²) < 4.78 is 8.70. The first-order chi connectivity index (χ1) is 11.6. The van der Waals surface area contributed by atoms with Crippen LogP contribution in [0.5, 0.6) is 0 Å². The first-order valence-corrected chi connectivity index (χ1v) is 8.35. The molecule has 0 aromatic carbocycles. The standard InChI is InChI=1S/C17H20N4O3/c1-3-15-19-20(9-16(22)18-8-11-4-5-11)17(23)13-7-14-12(21(13)15)6-10(2)24-14/h6-7,11H,3-5,8-9H2,1-2H3,(H,18,22). The third-order valence-corrected chi connectivity index (χ3v) is 4.46. The Kier molecular flexibility index (Phi) is 3.44. The number of hydrogen-bond acceptors (Lipinski definition) is 4. The molecular formula is C17H20N4O3. The molecule has 1 saturated carbocycles. The summed E-state index contributed by atoms with van der Waals surface area (Å²) in [5, 5.41) is 7.27. The Balaban J connectivity index is 1.74. The third kappa shape index (κ3) is 2.50. The molecule has 3 heterocycles. The lowest BCUT2D eigenvalue weighted by Gasteiger charge is -2.10. The molecule has 1 N–H and O–H groups in total. The first-order valence-electron chi connectivity index (χ1n) is 8.35. The summed E-state index contributed by atoms with van der Waals surface area (Å²) in [5.41, 5.74) is 1.72. The quantitative estimate of drug-likeness (QED) is 0.772. The van der Waals surface area contributed by atoms with Crippen LogP contribution in [0.4, 0.5) is 0 Å². The molecule has 24 heavy (non-hydrogen) atoms. The number of nitrogens with zero attached hydrogens (tertiary/aromatic N) is 3. The lowest BCUT2D eigenvalue weighted by molar-refractivity contribution is -0.122. The molecule has 3 aromatic rings. The maximum absolute atomic E-state index is 12.7. The zero-order valence-corrected chi connectivity index (χ0v) is 13.8. The number of rotatable bonds is 5. The summed E-state index contributed by atoms with van der Waals surface area (Å²) >= 11 is 0. The van der Waals surface area contributed by atoms with Crippen LogP contribution in [0.2, 0.25) is 0 Å². The summed E-state index contributed by atoms with van der Waals surface area (Å²) in [6, 6.07) is 3.62. The van der Waals surface area contributed by atoms with E-state index in [2.05, 4.69) is 10.4 Å². The van der Waals surface area contributed by atoms with Crippen LogP contribution in [0.25, 0.3) is 16.6 Å². The number of carbonyl (C=O) groups excluding carboxylic acids is 1. The van der Waals surface area contributed by atoms with E-state index >= 15 is 0 Å². The van der Waals surface area contributed by atoms with Crippen molar-refractivity contribution in [2.24, 2.45) is 5.92 Å². The first kappa shape index (κ1) is 15.0. The van der Waals surface area contributed by atoms with Gasteiger partial charge >= 0.3 is 0 Å². The average molecular weight is 328 g/mol. The number of amides is 1. The number of furan rings is 1. The van der Waals surface area contributed by atoms with Crippen LogP contribution >= 0.6 is 0 Å². The molecule has 0 unspecified atom stereocenters. The molecule has 4 rings (SSSR count). The van der Waals surface area contributed by atoms with Crippen molar-refractivity contribution >= 4 is 22.5 Å². The monoisotopic (exact) mass is 328 g/mol. The van der Waals surface area contributed by atoms with E-state index in [0.29, 0.717) is 30.0 Å². The van der Waals surface area contributed by atoms with Crippen molar-refractivity contribution in [3.05, 3.63) is 34.1 Å². The Hall–Kier alpha value is -2.57. The van der Waals surface area contributed by atoms with Gasteiger partial charge in [0.1, 0.15) is 23.6 Å². The fourth-order valence-electron chi connectivity index (χ4n) is 3.02. The highest BCUT2D eigenvalue weighted by Gasteiger charge is 2.22. The largest absolute Gasteiger partial charge is 0.460 e. The van der Waals surface area contributed by atoms with Gasteiger partial charge in [-0.3, -0.25) is 14.0 Å². The van der Waals surface area contributed by atoms with Crippen molar-refractivity contribution in [3.63, 3.8) is 0 Å². The van der Waals surface area contributed by atoms with Gasteiger partial charge in [-0.25, -0.2) is 4.68 Å². The highest BCUT2D eigenvalue weighted by atomic mass is 16.3. The summed E-state index contributed by atoms with van der Waals surface area (Å²) in [5.74, 6) is 1.96. The summed E-state index contributed by atoms with van der Waals surface area (Å²) in [6.07, 6.45) is 2.99. The Morgan fingerprint density at radius 1 is 1.38 bits per heavy atom. The van der Waals surface area contributed by atoms with E-state index in [-0.39, 0.29) is 18.0 Å². The normalized spacial score (nSPS) is 14.6. The smallest absolute Gasteiger partial charge is 0.291 e. The van der Waals surface area contributed by atoms with Gasteiger partial charge in [0.05, 0.1) is 5.52 Å². The lowest BCUT2D eigenvalue weighted by Crippen LogP contribution is -2.36. The predicted molar refractivity (Wildman–Crippen MR) is 89.1 cm³/mol. The fourth-order valence-corrected chi connectivity index (χ4v) is 3.02. The second-order valence-electron chi connectivity index (χ2n) is 6.45. The molecule has 126 valence electrons. The number of carbonyl (C=O) groups is 1. The summed E-state index contributed by atoms with van der Waals surface area (Å²) in [6.45, 7) is 4.48. The molecule has 7 nitrogen and oxygen atoms in total. The van der Waals surface area contributed by atoms with E-state index in [1.54, 1.807) is 6.07 Å². The van der Waals surface area contributed by atoms with Crippen LogP contribution in [-0.2, 0) is 17.8 Å². The van der Waals surface area contributed by atoms with Crippen LogP contribution in [0, 0.1) is 12.8 Å². The third-order valence-electron chi connectivity index (χ3n) is 4.46. The molecule has 1 amide bonds. The van der Waals surface area contributed by atoms with E-state index < -0.39 is 0 Å². The van der Waals surface area contributed by atoms with Crippen LogP contribution in [-0.4, -0.2) is 26.6 Å². The molecule has 1 aliphatic rings. The van der Waals surface area contributed by atoms with Gasteiger partial charge in [-0.15, -0.1) is 0 Å². The maximum Gasteiger partial charge on any atom is 0.291 e. The molecule has 0 bridgehead atoms. The highest BCUT2D eigenvalue weighted by molar-refractivity contribution is 5.83. The van der Waals surface area contributed by atoms with Gasteiger partial charge in [0.25, 0.3) is 5.56 Å². The van der Waals surface area contributed by atoms with Crippen LogP contribution in [0.15, 0.2) is 21.3 Å². The average Bonchev–Trinajstić information content (AvgIpc) is 3.22. The van der Waals surface area contributed by atoms with Crippen molar-refractivity contribution in [2.45, 2.75) is 39.7 Å². The molecule has 1 fully saturated rings. The number of aromatic nitrogens is 3. The van der Waals surface area contributed by atoms with Crippen molar-refractivity contribution < 1.29 is 9.21 Å². The lowest BCUT2D eigenvalue weighted by atomic mass is 10.4. The van der Waals surface area contributed by atoms with Crippen LogP contribution in [0.1, 0.15) is 31.4 Å². The molecule has 0 spiro atoms. The van der Waals surface area contributed by atoms with Gasteiger partial charge in [0.15, 0.2) is 5.58 Å². The van der Waals surface area contributed by atoms with Crippen molar-refractivity contribution in [2.75, 3.05) is 6.54 Å². The molecule has 0 atom stereocenters. The van der Waals surface area contributed by atoms with Gasteiger partial charge in [-0.2, -0.15) is 5.10 Å². The van der Waals surface area contributed by atoms with Gasteiger partial charge in [0.2, 0.25) is 5.91 Å². The molecule has 3 aromatic heterocycles. The second-order valence-corrected chi connectivity index (χ2v) is 6.45. The van der Waals surface area contributed by atoms with Gasteiger partial charge in [-0.05, 0) is 25.7 Å². The Labute approximate surface area is 138 Å². The summed E-state index contributed by atoms with van der Waals surface area (Å²) in [7, 11) is 0. The zero-order chi connectivity index (χ0) is 16.8. The molecule has 1 aliphatic carbocycles. The highest BCUT2D eigenvalue weighted by Crippen LogP contribution is 2.27. The number of nitrogens with one attached hydrogen (secondary N) is 1. The minimum absolute atomic E-state index is 0.0549. The van der Waals surface area contributed by atoms with E-state index in [1.807, 2.05) is 24.3 Å². The van der Waals surface area contributed by atoms with E-state index in [0.717, 1.165) is 17.1 Å². The maximum atomic E-state index is 12.7. The summed E-state index contributed by atoms with van der Waals surface area (Å²) in [4.78, 5) is 24.8. The number of hydrogen-bond donors (Lipinski definition) is 1. The zero-order valence-electron chi connectivity index (χ0n) is 13.8. The minimum atomic E-state index is -0.280. The molecular weight excluding hydrogens is 308 g/mol. The van der Waals surface area contributed by atoms with Gasteiger partial charge < -0.3 is 9.73 Å². The Bertz CT molecular complexity index is 991. The van der Waals surface area contributed by atoms with Crippen LogP contribution in [0.3, 0.4) is 0 Å². The SMILES string of the molecule is CCc1nn(CC(=O)NCC2CC2)c(=O)c2cc3oc(C)cc3n12. The topological polar surface area (TPSA) is 81.5 Å². The van der Waals surface area contributed by atoms with Crippen molar-refractivity contribution in [1.82, 2.24) is 19.5 Å². The fraction of sp³-hybridized carbons (Fsp3) is 0.471. The predicted octanol–water partition coefficient (Wildman–Crippen LogP) is 1.64. The van der Waals surface area contributed by atoms with Gasteiger partial charge in [-0.1, -0.05) is 6.92 Å². The van der Waals surface area contributed by atoms with Gasteiger partial charge in [0, 0.05) is 25.1 Å².